The Balaban J connectivity index is 1.72. The van der Waals surface area contributed by atoms with Gasteiger partial charge in [-0.2, -0.15) is 11.8 Å². The summed E-state index contributed by atoms with van der Waals surface area (Å²) in [4.78, 5) is 15.5. The topological polar surface area (TPSA) is 44.9 Å². The van der Waals surface area contributed by atoms with Gasteiger partial charge in [-0.25, -0.2) is 0 Å². The lowest BCUT2D eigenvalue weighted by molar-refractivity contribution is 0.0939. The number of fused-ring (bicyclic) bond motifs is 1. The molecule has 0 aliphatic heterocycles. The Bertz CT molecular complexity index is 607. The Morgan fingerprint density at radius 3 is 3.15 bits per heavy atom. The van der Waals surface area contributed by atoms with E-state index in [1.165, 1.54) is 12.8 Å². The molecule has 1 aromatic heterocycles. The lowest BCUT2D eigenvalue weighted by Crippen LogP contribution is -2.38. The van der Waals surface area contributed by atoms with E-state index in [1.807, 2.05) is 42.2 Å². The van der Waals surface area contributed by atoms with Crippen molar-refractivity contribution in [1.29, 1.82) is 0 Å². The zero-order valence-corrected chi connectivity index (χ0v) is 12.5. The van der Waals surface area contributed by atoms with Crippen molar-refractivity contribution < 1.29 is 4.79 Å². The summed E-state index contributed by atoms with van der Waals surface area (Å²) in [6, 6.07) is 8.17. The first-order chi connectivity index (χ1) is 9.78. The second-order valence-electron chi connectivity index (χ2n) is 5.28. The van der Waals surface area contributed by atoms with Crippen LogP contribution in [0.25, 0.3) is 10.9 Å². The van der Waals surface area contributed by atoms with Crippen LogP contribution in [0.4, 0.5) is 0 Å². The van der Waals surface area contributed by atoms with E-state index in [9.17, 15) is 4.79 Å². The van der Waals surface area contributed by atoms with Crippen LogP contribution >= 0.6 is 11.8 Å². The molecule has 2 atom stereocenters. The van der Waals surface area contributed by atoms with Gasteiger partial charge >= 0.3 is 0 Å². The van der Waals surface area contributed by atoms with Gasteiger partial charge in [0, 0.05) is 28.6 Å². The minimum Gasteiger partial charge on any atom is -0.361 e. The molecule has 0 radical (unpaired) electrons. The summed E-state index contributed by atoms with van der Waals surface area (Å²) in [5.41, 5.74) is 1.76. The fourth-order valence-corrected chi connectivity index (χ4v) is 4.14. The first-order valence-corrected chi connectivity index (χ1v) is 8.32. The van der Waals surface area contributed by atoms with Crippen LogP contribution in [0.3, 0.4) is 0 Å². The van der Waals surface area contributed by atoms with Gasteiger partial charge in [0.1, 0.15) is 0 Å². The van der Waals surface area contributed by atoms with Crippen molar-refractivity contribution in [2.45, 2.75) is 37.5 Å². The van der Waals surface area contributed by atoms with Gasteiger partial charge in [0.15, 0.2) is 0 Å². The first kappa shape index (κ1) is 13.6. The molecule has 2 aromatic rings. The van der Waals surface area contributed by atoms with Crippen LogP contribution < -0.4 is 5.32 Å². The molecule has 1 aliphatic carbocycles. The summed E-state index contributed by atoms with van der Waals surface area (Å²) >= 11 is 1.97. The van der Waals surface area contributed by atoms with E-state index in [0.717, 1.165) is 28.6 Å². The van der Waals surface area contributed by atoms with E-state index >= 15 is 0 Å². The van der Waals surface area contributed by atoms with Crippen LogP contribution in [0.15, 0.2) is 30.5 Å². The SMILES string of the molecule is CCSC1CCCC1NC(=O)c1ccc2cc[nH]c2c1. The van der Waals surface area contributed by atoms with E-state index in [1.54, 1.807) is 0 Å². The lowest BCUT2D eigenvalue weighted by Gasteiger charge is -2.20. The van der Waals surface area contributed by atoms with Crippen molar-refractivity contribution in [3.8, 4) is 0 Å². The maximum absolute atomic E-state index is 12.4. The first-order valence-electron chi connectivity index (χ1n) is 7.27. The van der Waals surface area contributed by atoms with Crippen LogP contribution in [-0.2, 0) is 0 Å². The Morgan fingerprint density at radius 1 is 1.40 bits per heavy atom. The molecule has 1 heterocycles. The number of H-pyrrole nitrogens is 1. The number of amides is 1. The Hall–Kier alpha value is -1.42. The molecule has 20 heavy (non-hydrogen) atoms. The smallest absolute Gasteiger partial charge is 0.251 e. The van der Waals surface area contributed by atoms with Crippen molar-refractivity contribution in [2.24, 2.45) is 0 Å². The average Bonchev–Trinajstić information content (AvgIpc) is 3.07. The Kier molecular flexibility index (Phi) is 4.01. The largest absolute Gasteiger partial charge is 0.361 e. The third-order valence-corrected chi connectivity index (χ3v) is 5.29. The fraction of sp³-hybridized carbons (Fsp3) is 0.438. The molecule has 2 N–H and O–H groups in total. The lowest BCUT2D eigenvalue weighted by atomic mass is 10.1. The zero-order valence-electron chi connectivity index (χ0n) is 11.7. The molecule has 1 fully saturated rings. The molecule has 1 aromatic carbocycles. The van der Waals surface area contributed by atoms with Gasteiger partial charge < -0.3 is 10.3 Å². The maximum atomic E-state index is 12.4. The molecule has 2 unspecified atom stereocenters. The molecule has 3 nitrogen and oxygen atoms in total. The van der Waals surface area contributed by atoms with Crippen molar-refractivity contribution in [3.05, 3.63) is 36.0 Å². The van der Waals surface area contributed by atoms with Crippen molar-refractivity contribution in [3.63, 3.8) is 0 Å². The molecule has 0 spiro atoms. The van der Waals surface area contributed by atoms with Gasteiger partial charge in [0.25, 0.3) is 5.91 Å². The highest BCUT2D eigenvalue weighted by Crippen LogP contribution is 2.30. The minimum absolute atomic E-state index is 0.0510. The Labute approximate surface area is 123 Å². The standard InChI is InChI=1S/C16H20N2OS/c1-2-20-15-5-3-4-13(15)18-16(19)12-7-6-11-8-9-17-14(11)10-12/h6-10,13,15,17H,2-5H2,1H3,(H,18,19). The highest BCUT2D eigenvalue weighted by molar-refractivity contribution is 7.99. The molecule has 4 heteroatoms. The number of aromatic amines is 1. The molecular weight excluding hydrogens is 268 g/mol. The van der Waals surface area contributed by atoms with Crippen LogP contribution in [0, 0.1) is 0 Å². The predicted octanol–water partition coefficient (Wildman–Crippen LogP) is 3.57. The number of carbonyl (C=O) groups is 1. The van der Waals surface area contributed by atoms with E-state index in [0.29, 0.717) is 11.3 Å². The number of hydrogen-bond acceptors (Lipinski definition) is 2. The number of nitrogens with one attached hydrogen (secondary N) is 2. The van der Waals surface area contributed by atoms with Gasteiger partial charge in [-0.1, -0.05) is 19.4 Å². The fourth-order valence-electron chi connectivity index (χ4n) is 2.95. The number of benzene rings is 1. The molecule has 106 valence electrons. The summed E-state index contributed by atoms with van der Waals surface area (Å²) in [6.45, 7) is 2.18. The summed E-state index contributed by atoms with van der Waals surface area (Å²) < 4.78 is 0. The predicted molar refractivity (Wildman–Crippen MR) is 85.3 cm³/mol. The van der Waals surface area contributed by atoms with Gasteiger partial charge in [-0.05, 0) is 42.2 Å². The molecule has 1 aliphatic rings. The third kappa shape index (κ3) is 2.70. The van der Waals surface area contributed by atoms with Gasteiger partial charge in [-0.3, -0.25) is 4.79 Å². The summed E-state index contributed by atoms with van der Waals surface area (Å²) in [6.07, 6.45) is 5.45. The molecule has 1 amide bonds. The third-order valence-electron chi connectivity index (χ3n) is 3.97. The van der Waals surface area contributed by atoms with Crippen molar-refractivity contribution >= 4 is 28.6 Å². The van der Waals surface area contributed by atoms with Crippen LogP contribution in [0.2, 0.25) is 0 Å². The highest BCUT2D eigenvalue weighted by atomic mass is 32.2. The minimum atomic E-state index is 0.0510. The molecule has 0 bridgehead atoms. The molecular formula is C16H20N2OS. The van der Waals surface area contributed by atoms with Crippen LogP contribution in [-0.4, -0.2) is 27.9 Å². The quantitative estimate of drug-likeness (QED) is 0.903. The average molecular weight is 288 g/mol. The van der Waals surface area contributed by atoms with E-state index < -0.39 is 0 Å². The van der Waals surface area contributed by atoms with Gasteiger partial charge in [-0.15, -0.1) is 0 Å². The number of carbonyl (C=O) groups excluding carboxylic acids is 1. The number of thioether (sulfide) groups is 1. The summed E-state index contributed by atoms with van der Waals surface area (Å²) in [5, 5.41) is 4.94. The van der Waals surface area contributed by atoms with Crippen LogP contribution in [0.1, 0.15) is 36.5 Å². The van der Waals surface area contributed by atoms with Crippen molar-refractivity contribution in [1.82, 2.24) is 10.3 Å². The Morgan fingerprint density at radius 2 is 2.30 bits per heavy atom. The molecule has 3 rings (SSSR count). The van der Waals surface area contributed by atoms with Crippen molar-refractivity contribution in [2.75, 3.05) is 5.75 Å². The normalized spacial score (nSPS) is 22.2. The van der Waals surface area contributed by atoms with Gasteiger partial charge in [0.2, 0.25) is 0 Å². The zero-order chi connectivity index (χ0) is 13.9. The monoisotopic (exact) mass is 288 g/mol. The summed E-state index contributed by atoms with van der Waals surface area (Å²) in [7, 11) is 0. The number of hydrogen-bond donors (Lipinski definition) is 2. The highest BCUT2D eigenvalue weighted by Gasteiger charge is 2.28. The number of aromatic nitrogens is 1. The van der Waals surface area contributed by atoms with Gasteiger partial charge in [0.05, 0.1) is 0 Å². The van der Waals surface area contributed by atoms with Crippen LogP contribution in [0.5, 0.6) is 0 Å². The summed E-state index contributed by atoms with van der Waals surface area (Å²) in [5.74, 6) is 1.17. The van der Waals surface area contributed by atoms with E-state index in [-0.39, 0.29) is 5.91 Å². The molecule has 0 saturated heterocycles. The van der Waals surface area contributed by atoms with E-state index in [4.69, 9.17) is 0 Å². The molecule has 1 saturated carbocycles. The maximum Gasteiger partial charge on any atom is 0.251 e. The second kappa shape index (κ2) is 5.92. The second-order valence-corrected chi connectivity index (χ2v) is 6.80. The van der Waals surface area contributed by atoms with E-state index in [2.05, 4.69) is 17.2 Å². The number of rotatable bonds is 4.